The topological polar surface area (TPSA) is 38.1 Å². The number of likely N-dealkylation sites (N-methyl/N-ethyl adjacent to an activating group) is 1. The van der Waals surface area contributed by atoms with Crippen molar-refractivity contribution >= 4 is 27.0 Å². The van der Waals surface area contributed by atoms with E-state index in [0.717, 1.165) is 34.4 Å². The van der Waals surface area contributed by atoms with Crippen LogP contribution in [0.4, 0.5) is 0 Å². The van der Waals surface area contributed by atoms with E-state index < -0.39 is 0 Å². The molecule has 21 heavy (non-hydrogen) atoms. The standard InChI is InChI=1S/C17H17BrN2O/c1-2-19-15(12-7-9-13(18)10-8-12)11-17-20-14-5-3-4-6-16(14)21-17/h3-10,15,19H,2,11H2,1H3. The number of halogens is 1. The number of oxazole rings is 1. The van der Waals surface area contributed by atoms with Crippen LogP contribution >= 0.6 is 15.9 Å². The molecular formula is C17H17BrN2O. The molecule has 0 amide bonds. The van der Waals surface area contributed by atoms with Gasteiger partial charge in [-0.2, -0.15) is 0 Å². The first-order chi connectivity index (χ1) is 10.3. The SMILES string of the molecule is CCNC(Cc1nc2ccccc2o1)c1ccc(Br)cc1. The van der Waals surface area contributed by atoms with Gasteiger partial charge in [0.05, 0.1) is 0 Å². The lowest BCUT2D eigenvalue weighted by atomic mass is 10.0. The van der Waals surface area contributed by atoms with E-state index in [-0.39, 0.29) is 6.04 Å². The fourth-order valence-corrected chi connectivity index (χ4v) is 2.70. The van der Waals surface area contributed by atoms with Gasteiger partial charge < -0.3 is 9.73 Å². The van der Waals surface area contributed by atoms with Crippen molar-refractivity contribution in [3.8, 4) is 0 Å². The zero-order valence-electron chi connectivity index (χ0n) is 11.8. The van der Waals surface area contributed by atoms with Gasteiger partial charge in [0.25, 0.3) is 0 Å². The maximum absolute atomic E-state index is 5.83. The second-order valence-corrected chi connectivity index (χ2v) is 5.86. The molecule has 0 saturated heterocycles. The number of nitrogens with zero attached hydrogens (tertiary/aromatic N) is 1. The zero-order valence-corrected chi connectivity index (χ0v) is 13.4. The van der Waals surface area contributed by atoms with Gasteiger partial charge in [-0.15, -0.1) is 0 Å². The van der Waals surface area contributed by atoms with Crippen molar-refractivity contribution in [2.45, 2.75) is 19.4 Å². The Hall–Kier alpha value is -1.65. The van der Waals surface area contributed by atoms with Crippen molar-refractivity contribution in [2.24, 2.45) is 0 Å². The molecule has 1 heterocycles. The van der Waals surface area contributed by atoms with Crippen molar-refractivity contribution in [1.29, 1.82) is 0 Å². The third kappa shape index (κ3) is 3.34. The molecule has 1 N–H and O–H groups in total. The summed E-state index contributed by atoms with van der Waals surface area (Å²) in [6.45, 7) is 3.01. The molecule has 4 heteroatoms. The minimum absolute atomic E-state index is 0.205. The largest absolute Gasteiger partial charge is 0.441 e. The number of aromatic nitrogens is 1. The summed E-state index contributed by atoms with van der Waals surface area (Å²) in [5, 5.41) is 3.50. The minimum atomic E-state index is 0.205. The van der Waals surface area contributed by atoms with Gasteiger partial charge in [0.2, 0.25) is 0 Å². The second kappa shape index (κ2) is 6.41. The monoisotopic (exact) mass is 344 g/mol. The molecule has 0 aliphatic carbocycles. The second-order valence-electron chi connectivity index (χ2n) is 4.94. The zero-order chi connectivity index (χ0) is 14.7. The van der Waals surface area contributed by atoms with E-state index in [2.05, 4.69) is 57.4 Å². The van der Waals surface area contributed by atoms with Crippen LogP contribution < -0.4 is 5.32 Å². The Labute approximate surface area is 132 Å². The molecule has 1 aromatic heterocycles. The molecule has 2 aromatic carbocycles. The van der Waals surface area contributed by atoms with E-state index in [4.69, 9.17) is 4.42 Å². The van der Waals surface area contributed by atoms with Gasteiger partial charge in [-0.3, -0.25) is 0 Å². The third-order valence-corrected chi connectivity index (χ3v) is 3.97. The molecule has 0 radical (unpaired) electrons. The van der Waals surface area contributed by atoms with Crippen molar-refractivity contribution in [3.05, 3.63) is 64.5 Å². The van der Waals surface area contributed by atoms with Crippen LogP contribution in [0.25, 0.3) is 11.1 Å². The summed E-state index contributed by atoms with van der Waals surface area (Å²) >= 11 is 3.47. The van der Waals surface area contributed by atoms with Crippen molar-refractivity contribution in [1.82, 2.24) is 10.3 Å². The van der Waals surface area contributed by atoms with Crippen LogP contribution in [0.2, 0.25) is 0 Å². The van der Waals surface area contributed by atoms with Crippen molar-refractivity contribution < 1.29 is 4.42 Å². The van der Waals surface area contributed by atoms with Gasteiger partial charge in [0.15, 0.2) is 11.5 Å². The number of hydrogen-bond acceptors (Lipinski definition) is 3. The van der Waals surface area contributed by atoms with Crippen LogP contribution in [0.15, 0.2) is 57.4 Å². The number of benzene rings is 2. The van der Waals surface area contributed by atoms with E-state index in [1.807, 2.05) is 24.3 Å². The molecule has 0 fully saturated rings. The summed E-state index contributed by atoms with van der Waals surface area (Å²) in [6, 6.07) is 16.4. The molecule has 0 saturated carbocycles. The Balaban J connectivity index is 1.85. The summed E-state index contributed by atoms with van der Waals surface area (Å²) in [7, 11) is 0. The van der Waals surface area contributed by atoms with E-state index in [9.17, 15) is 0 Å². The minimum Gasteiger partial charge on any atom is -0.441 e. The van der Waals surface area contributed by atoms with Crippen LogP contribution in [0, 0.1) is 0 Å². The maximum Gasteiger partial charge on any atom is 0.197 e. The fraction of sp³-hybridized carbons (Fsp3) is 0.235. The van der Waals surface area contributed by atoms with Crippen LogP contribution in [-0.2, 0) is 6.42 Å². The first kappa shape index (κ1) is 14.3. The van der Waals surface area contributed by atoms with E-state index in [1.54, 1.807) is 0 Å². The highest BCUT2D eigenvalue weighted by atomic mass is 79.9. The average Bonchev–Trinajstić information content (AvgIpc) is 2.90. The van der Waals surface area contributed by atoms with Crippen LogP contribution in [0.5, 0.6) is 0 Å². The number of fused-ring (bicyclic) bond motifs is 1. The van der Waals surface area contributed by atoms with Crippen LogP contribution in [-0.4, -0.2) is 11.5 Å². The molecule has 1 unspecified atom stereocenters. The molecule has 0 bridgehead atoms. The predicted octanol–water partition coefficient (Wildman–Crippen LogP) is 4.48. The van der Waals surface area contributed by atoms with Gasteiger partial charge >= 0.3 is 0 Å². The Bertz CT molecular complexity index is 688. The normalized spacial score (nSPS) is 12.7. The molecule has 0 spiro atoms. The lowest BCUT2D eigenvalue weighted by Gasteiger charge is -2.16. The first-order valence-electron chi connectivity index (χ1n) is 7.09. The van der Waals surface area contributed by atoms with E-state index in [1.165, 1.54) is 5.56 Å². The molecule has 3 nitrogen and oxygen atoms in total. The lowest BCUT2D eigenvalue weighted by Crippen LogP contribution is -2.23. The van der Waals surface area contributed by atoms with Gasteiger partial charge in [0.1, 0.15) is 5.52 Å². The summed E-state index contributed by atoms with van der Waals surface area (Å²) in [5.41, 5.74) is 3.00. The van der Waals surface area contributed by atoms with E-state index in [0.29, 0.717) is 0 Å². The molecule has 0 aliphatic rings. The smallest absolute Gasteiger partial charge is 0.197 e. The first-order valence-corrected chi connectivity index (χ1v) is 7.89. The maximum atomic E-state index is 5.83. The fourth-order valence-electron chi connectivity index (χ4n) is 2.43. The molecule has 3 rings (SSSR count). The van der Waals surface area contributed by atoms with Crippen molar-refractivity contribution in [2.75, 3.05) is 6.54 Å². The average molecular weight is 345 g/mol. The predicted molar refractivity (Wildman–Crippen MR) is 88.3 cm³/mol. The lowest BCUT2D eigenvalue weighted by molar-refractivity contribution is 0.460. The number of hydrogen-bond donors (Lipinski definition) is 1. The number of nitrogens with one attached hydrogen (secondary N) is 1. The highest BCUT2D eigenvalue weighted by molar-refractivity contribution is 9.10. The third-order valence-electron chi connectivity index (χ3n) is 3.44. The Morgan fingerprint density at radius 3 is 2.62 bits per heavy atom. The van der Waals surface area contributed by atoms with E-state index >= 15 is 0 Å². The van der Waals surface area contributed by atoms with Crippen LogP contribution in [0.3, 0.4) is 0 Å². The molecule has 1 atom stereocenters. The number of rotatable bonds is 5. The van der Waals surface area contributed by atoms with Crippen LogP contribution in [0.1, 0.15) is 24.4 Å². The summed E-state index contributed by atoms with van der Waals surface area (Å²) in [5.74, 6) is 0.769. The molecule has 108 valence electrons. The highest BCUT2D eigenvalue weighted by Crippen LogP contribution is 2.23. The Morgan fingerprint density at radius 1 is 1.14 bits per heavy atom. The van der Waals surface area contributed by atoms with Gasteiger partial charge in [-0.05, 0) is 36.4 Å². The molecule has 0 aliphatic heterocycles. The molecule has 3 aromatic rings. The summed E-state index contributed by atoms with van der Waals surface area (Å²) < 4.78 is 6.92. The summed E-state index contributed by atoms with van der Waals surface area (Å²) in [6.07, 6.45) is 0.740. The Morgan fingerprint density at radius 2 is 1.90 bits per heavy atom. The quantitative estimate of drug-likeness (QED) is 0.741. The Kier molecular flexibility index (Phi) is 4.36. The molecular weight excluding hydrogens is 328 g/mol. The van der Waals surface area contributed by atoms with Gasteiger partial charge in [-0.25, -0.2) is 4.98 Å². The van der Waals surface area contributed by atoms with Gasteiger partial charge in [-0.1, -0.05) is 47.1 Å². The number of para-hydroxylation sites is 2. The van der Waals surface area contributed by atoms with Gasteiger partial charge in [0, 0.05) is 16.9 Å². The summed E-state index contributed by atoms with van der Waals surface area (Å²) in [4.78, 5) is 4.56. The van der Waals surface area contributed by atoms with Crippen molar-refractivity contribution in [3.63, 3.8) is 0 Å². The highest BCUT2D eigenvalue weighted by Gasteiger charge is 2.15.